The van der Waals surface area contributed by atoms with Crippen molar-refractivity contribution in [2.24, 2.45) is 0 Å². The minimum atomic E-state index is 0.0885. The molecule has 20 heavy (non-hydrogen) atoms. The lowest BCUT2D eigenvalue weighted by Gasteiger charge is -2.25. The molecule has 1 N–H and O–H groups in total. The van der Waals surface area contributed by atoms with E-state index in [4.69, 9.17) is 4.98 Å². The van der Waals surface area contributed by atoms with Gasteiger partial charge in [-0.3, -0.25) is 4.79 Å². The molecule has 2 aliphatic carbocycles. The molecule has 0 fully saturated rings. The quantitative estimate of drug-likeness (QED) is 0.862. The van der Waals surface area contributed by atoms with Crippen molar-refractivity contribution < 1.29 is 0 Å². The van der Waals surface area contributed by atoms with Crippen LogP contribution >= 0.6 is 0 Å². The molecule has 0 aliphatic heterocycles. The predicted molar refractivity (Wildman–Crippen MR) is 78.1 cm³/mol. The third kappa shape index (κ3) is 1.80. The first-order chi connectivity index (χ1) is 9.83. The van der Waals surface area contributed by atoms with Crippen molar-refractivity contribution in [1.82, 2.24) is 9.97 Å². The Labute approximate surface area is 118 Å². The van der Waals surface area contributed by atoms with Crippen molar-refractivity contribution in [2.75, 3.05) is 0 Å². The number of hydrogen-bond acceptors (Lipinski definition) is 2. The fourth-order valence-corrected chi connectivity index (χ4v) is 3.66. The Bertz CT molecular complexity index is 717. The average Bonchev–Trinajstić information content (AvgIpc) is 2.95. The summed E-state index contributed by atoms with van der Waals surface area (Å²) in [6.45, 7) is 0. The van der Waals surface area contributed by atoms with Crippen LogP contribution in [-0.2, 0) is 19.3 Å². The molecule has 2 aromatic rings. The van der Waals surface area contributed by atoms with Crippen molar-refractivity contribution in [3.05, 3.63) is 62.8 Å². The lowest BCUT2D eigenvalue weighted by molar-refractivity contribution is 0.586. The van der Waals surface area contributed by atoms with Gasteiger partial charge in [-0.1, -0.05) is 24.3 Å². The number of hydrogen-bond donors (Lipinski definition) is 1. The van der Waals surface area contributed by atoms with Crippen LogP contribution in [0.4, 0.5) is 0 Å². The van der Waals surface area contributed by atoms with Crippen molar-refractivity contribution in [3.8, 4) is 0 Å². The van der Waals surface area contributed by atoms with Gasteiger partial charge in [-0.15, -0.1) is 0 Å². The van der Waals surface area contributed by atoms with Crippen molar-refractivity contribution >= 4 is 0 Å². The summed E-state index contributed by atoms with van der Waals surface area (Å²) in [6, 6.07) is 8.57. The molecule has 1 atom stereocenters. The molecule has 3 heteroatoms. The first-order valence-electron chi connectivity index (χ1n) is 7.52. The molecule has 1 aromatic carbocycles. The van der Waals surface area contributed by atoms with Crippen LogP contribution in [0.5, 0.6) is 0 Å². The SMILES string of the molecule is O=c1[nH]c(C2CCCc3ccccc32)nc2c1CCC2. The number of H-pyrrole nitrogens is 1. The Morgan fingerprint density at radius 1 is 1.10 bits per heavy atom. The predicted octanol–water partition coefficient (Wildman–Crippen LogP) is 2.73. The Hall–Kier alpha value is -1.90. The van der Waals surface area contributed by atoms with Crippen LogP contribution in [0.1, 0.15) is 53.4 Å². The monoisotopic (exact) mass is 266 g/mol. The second kappa shape index (κ2) is 4.58. The third-order valence-electron chi connectivity index (χ3n) is 4.66. The summed E-state index contributed by atoms with van der Waals surface area (Å²) in [7, 11) is 0. The maximum Gasteiger partial charge on any atom is 0.254 e. The van der Waals surface area contributed by atoms with Gasteiger partial charge in [0.15, 0.2) is 0 Å². The summed E-state index contributed by atoms with van der Waals surface area (Å²) >= 11 is 0. The summed E-state index contributed by atoms with van der Waals surface area (Å²) in [5.74, 6) is 1.14. The zero-order valence-corrected chi connectivity index (χ0v) is 11.5. The van der Waals surface area contributed by atoms with Crippen LogP contribution in [0.3, 0.4) is 0 Å². The van der Waals surface area contributed by atoms with Crippen LogP contribution in [0, 0.1) is 0 Å². The molecular formula is C17H18N2O. The van der Waals surface area contributed by atoms with Crippen molar-refractivity contribution in [1.29, 1.82) is 0 Å². The standard InChI is InChI=1S/C17H18N2O/c20-17-14-9-4-10-15(14)18-16(19-17)13-8-3-6-11-5-1-2-7-12(11)13/h1-2,5,7,13H,3-4,6,8-10H2,(H,18,19,20). The highest BCUT2D eigenvalue weighted by Crippen LogP contribution is 2.35. The van der Waals surface area contributed by atoms with Crippen LogP contribution < -0.4 is 5.56 Å². The molecule has 102 valence electrons. The van der Waals surface area contributed by atoms with Crippen LogP contribution in [0.2, 0.25) is 0 Å². The molecule has 0 radical (unpaired) electrons. The van der Waals surface area contributed by atoms with Crippen molar-refractivity contribution in [2.45, 2.75) is 44.4 Å². The van der Waals surface area contributed by atoms with Crippen LogP contribution in [0.15, 0.2) is 29.1 Å². The third-order valence-corrected chi connectivity index (χ3v) is 4.66. The van der Waals surface area contributed by atoms with E-state index in [-0.39, 0.29) is 11.5 Å². The number of nitrogens with zero attached hydrogens (tertiary/aromatic N) is 1. The highest BCUT2D eigenvalue weighted by atomic mass is 16.1. The Balaban J connectivity index is 1.83. The summed E-state index contributed by atoms with van der Waals surface area (Å²) in [5.41, 5.74) is 4.79. The van der Waals surface area contributed by atoms with Gasteiger partial charge >= 0.3 is 0 Å². The van der Waals surface area contributed by atoms with E-state index in [9.17, 15) is 4.79 Å². The normalized spacial score (nSPS) is 20.5. The fraction of sp³-hybridized carbons (Fsp3) is 0.412. The molecule has 1 unspecified atom stereocenters. The number of aromatic amines is 1. The van der Waals surface area contributed by atoms with Gasteiger partial charge in [0, 0.05) is 11.5 Å². The van der Waals surface area contributed by atoms with Gasteiger partial charge in [-0.05, 0) is 49.7 Å². The summed E-state index contributed by atoms with van der Waals surface area (Å²) in [6.07, 6.45) is 6.30. The Morgan fingerprint density at radius 3 is 2.95 bits per heavy atom. The largest absolute Gasteiger partial charge is 0.310 e. The van der Waals surface area contributed by atoms with E-state index in [2.05, 4.69) is 29.2 Å². The lowest BCUT2D eigenvalue weighted by atomic mass is 9.82. The summed E-state index contributed by atoms with van der Waals surface area (Å²) in [4.78, 5) is 20.0. The number of benzene rings is 1. The van der Waals surface area contributed by atoms with E-state index in [0.29, 0.717) is 0 Å². The van der Waals surface area contributed by atoms with Gasteiger partial charge in [-0.25, -0.2) is 4.98 Å². The van der Waals surface area contributed by atoms with Crippen LogP contribution in [-0.4, -0.2) is 9.97 Å². The van der Waals surface area contributed by atoms with E-state index in [1.54, 1.807) is 0 Å². The lowest BCUT2D eigenvalue weighted by Crippen LogP contribution is -2.21. The average molecular weight is 266 g/mol. The number of rotatable bonds is 1. The Kier molecular flexibility index (Phi) is 2.72. The molecule has 0 amide bonds. The van der Waals surface area contributed by atoms with E-state index in [0.717, 1.165) is 49.2 Å². The van der Waals surface area contributed by atoms with Gasteiger partial charge in [-0.2, -0.15) is 0 Å². The first kappa shape index (κ1) is 11.9. The minimum absolute atomic E-state index is 0.0885. The maximum atomic E-state index is 12.2. The summed E-state index contributed by atoms with van der Waals surface area (Å²) in [5, 5.41) is 0. The molecule has 0 spiro atoms. The molecule has 1 aromatic heterocycles. The molecule has 2 aliphatic rings. The first-order valence-corrected chi connectivity index (χ1v) is 7.52. The number of aromatic nitrogens is 2. The van der Waals surface area contributed by atoms with E-state index in [1.807, 2.05) is 0 Å². The highest BCUT2D eigenvalue weighted by Gasteiger charge is 2.25. The van der Waals surface area contributed by atoms with E-state index < -0.39 is 0 Å². The van der Waals surface area contributed by atoms with Gasteiger partial charge in [0.1, 0.15) is 5.82 Å². The molecule has 3 nitrogen and oxygen atoms in total. The van der Waals surface area contributed by atoms with E-state index in [1.165, 1.54) is 17.5 Å². The van der Waals surface area contributed by atoms with E-state index >= 15 is 0 Å². The zero-order valence-electron chi connectivity index (χ0n) is 11.5. The highest BCUT2D eigenvalue weighted by molar-refractivity contribution is 5.37. The number of nitrogens with one attached hydrogen (secondary N) is 1. The maximum absolute atomic E-state index is 12.2. The zero-order chi connectivity index (χ0) is 13.5. The van der Waals surface area contributed by atoms with Gasteiger partial charge < -0.3 is 4.98 Å². The smallest absolute Gasteiger partial charge is 0.254 e. The number of fused-ring (bicyclic) bond motifs is 2. The van der Waals surface area contributed by atoms with Gasteiger partial charge in [0.2, 0.25) is 0 Å². The molecule has 0 bridgehead atoms. The minimum Gasteiger partial charge on any atom is -0.310 e. The molecule has 0 saturated heterocycles. The van der Waals surface area contributed by atoms with Gasteiger partial charge in [0.05, 0.1) is 5.69 Å². The number of aryl methyl sites for hydroxylation is 2. The van der Waals surface area contributed by atoms with Gasteiger partial charge in [0.25, 0.3) is 5.56 Å². The molecule has 4 rings (SSSR count). The molecule has 0 saturated carbocycles. The fourth-order valence-electron chi connectivity index (χ4n) is 3.66. The Morgan fingerprint density at radius 2 is 2.00 bits per heavy atom. The second-order valence-electron chi connectivity index (χ2n) is 5.87. The summed E-state index contributed by atoms with van der Waals surface area (Å²) < 4.78 is 0. The molecule has 1 heterocycles. The topological polar surface area (TPSA) is 45.8 Å². The van der Waals surface area contributed by atoms with Crippen molar-refractivity contribution in [3.63, 3.8) is 0 Å². The van der Waals surface area contributed by atoms with Crippen LogP contribution in [0.25, 0.3) is 0 Å². The second-order valence-corrected chi connectivity index (χ2v) is 5.87. The molecular weight excluding hydrogens is 248 g/mol.